The van der Waals surface area contributed by atoms with Crippen LogP contribution in [-0.2, 0) is 0 Å². The van der Waals surface area contributed by atoms with E-state index in [1.54, 1.807) is 0 Å². The zero-order chi connectivity index (χ0) is 15.9. The van der Waals surface area contributed by atoms with Crippen LogP contribution in [0.15, 0.2) is 29.1 Å². The third-order valence-electron chi connectivity index (χ3n) is 3.38. The molecule has 1 aromatic carbocycles. The van der Waals surface area contributed by atoms with Gasteiger partial charge < -0.3 is 4.98 Å². The molecule has 0 spiro atoms. The standard InChI is InChI=1S/C15H12ClN3O2S/c1-7-3-4-10-13(8(7)2)18-15(22-10)19-14(21)9-5-11(16)17-12(20)6-9/h3-6H,1-2H3,(H,17,20)(H,18,19,21). The van der Waals surface area contributed by atoms with E-state index in [1.165, 1.54) is 23.5 Å². The second-order valence-electron chi connectivity index (χ2n) is 4.91. The number of thiazole rings is 1. The Labute approximate surface area is 135 Å². The molecule has 0 saturated heterocycles. The molecule has 0 saturated carbocycles. The number of fused-ring (bicyclic) bond motifs is 1. The fraction of sp³-hybridized carbons (Fsp3) is 0.133. The third kappa shape index (κ3) is 2.75. The quantitative estimate of drug-likeness (QED) is 0.705. The maximum Gasteiger partial charge on any atom is 0.257 e. The molecule has 5 nitrogen and oxygen atoms in total. The van der Waals surface area contributed by atoms with Crippen LogP contribution in [-0.4, -0.2) is 15.9 Å². The van der Waals surface area contributed by atoms with Gasteiger partial charge in [0.2, 0.25) is 5.56 Å². The first-order valence-corrected chi connectivity index (χ1v) is 7.71. The highest BCUT2D eigenvalue weighted by molar-refractivity contribution is 7.22. The maximum absolute atomic E-state index is 12.2. The van der Waals surface area contributed by atoms with Crippen LogP contribution >= 0.6 is 22.9 Å². The van der Waals surface area contributed by atoms with E-state index in [0.29, 0.717) is 5.13 Å². The number of H-pyrrole nitrogens is 1. The van der Waals surface area contributed by atoms with Gasteiger partial charge in [-0.2, -0.15) is 0 Å². The minimum absolute atomic E-state index is 0.119. The molecular formula is C15H12ClN3O2S. The molecule has 0 aliphatic heterocycles. The van der Waals surface area contributed by atoms with Crippen molar-refractivity contribution < 1.29 is 4.79 Å². The van der Waals surface area contributed by atoms with E-state index in [9.17, 15) is 9.59 Å². The van der Waals surface area contributed by atoms with Crippen LogP contribution in [0.4, 0.5) is 5.13 Å². The fourth-order valence-corrected chi connectivity index (χ4v) is 3.22. The number of anilines is 1. The first kappa shape index (κ1) is 14.7. The Kier molecular flexibility index (Phi) is 3.72. The lowest BCUT2D eigenvalue weighted by Gasteiger charge is -2.01. The van der Waals surface area contributed by atoms with Crippen LogP contribution in [0.1, 0.15) is 21.5 Å². The van der Waals surface area contributed by atoms with Gasteiger partial charge in [-0.1, -0.05) is 29.0 Å². The number of hydrogen-bond acceptors (Lipinski definition) is 4. The molecule has 0 unspecified atom stereocenters. The van der Waals surface area contributed by atoms with Crippen molar-refractivity contribution in [3.05, 3.63) is 56.5 Å². The molecule has 2 N–H and O–H groups in total. The van der Waals surface area contributed by atoms with Crippen LogP contribution < -0.4 is 10.9 Å². The molecule has 2 heterocycles. The van der Waals surface area contributed by atoms with Crippen molar-refractivity contribution >= 4 is 44.2 Å². The second kappa shape index (κ2) is 5.55. The Balaban J connectivity index is 1.94. The van der Waals surface area contributed by atoms with Crippen molar-refractivity contribution in [1.29, 1.82) is 0 Å². The average molecular weight is 334 g/mol. The van der Waals surface area contributed by atoms with Crippen molar-refractivity contribution in [1.82, 2.24) is 9.97 Å². The highest BCUT2D eigenvalue weighted by atomic mass is 35.5. The number of rotatable bonds is 2. The van der Waals surface area contributed by atoms with Crippen molar-refractivity contribution in [2.24, 2.45) is 0 Å². The molecule has 7 heteroatoms. The van der Waals surface area contributed by atoms with E-state index in [2.05, 4.69) is 15.3 Å². The fourth-order valence-electron chi connectivity index (χ4n) is 2.09. The Morgan fingerprint density at radius 2 is 2.09 bits per heavy atom. The number of halogens is 1. The van der Waals surface area contributed by atoms with Crippen LogP contribution in [0.5, 0.6) is 0 Å². The summed E-state index contributed by atoms with van der Waals surface area (Å²) in [5, 5.41) is 3.32. The van der Waals surface area contributed by atoms with E-state index in [1.807, 2.05) is 26.0 Å². The lowest BCUT2D eigenvalue weighted by molar-refractivity contribution is 0.102. The van der Waals surface area contributed by atoms with E-state index in [0.717, 1.165) is 21.3 Å². The lowest BCUT2D eigenvalue weighted by atomic mass is 10.1. The molecule has 0 aliphatic carbocycles. The summed E-state index contributed by atoms with van der Waals surface area (Å²) >= 11 is 7.14. The summed E-state index contributed by atoms with van der Waals surface area (Å²) in [6.45, 7) is 4.02. The largest absolute Gasteiger partial charge is 0.313 e. The van der Waals surface area contributed by atoms with Crippen LogP contribution in [0.2, 0.25) is 5.15 Å². The van der Waals surface area contributed by atoms with Gasteiger partial charge in [-0.05, 0) is 37.1 Å². The van der Waals surface area contributed by atoms with E-state index < -0.39 is 11.5 Å². The second-order valence-corrected chi connectivity index (χ2v) is 6.35. The smallest absolute Gasteiger partial charge is 0.257 e. The summed E-state index contributed by atoms with van der Waals surface area (Å²) in [6, 6.07) is 6.61. The molecule has 2 aromatic heterocycles. The topological polar surface area (TPSA) is 74.8 Å². The van der Waals surface area contributed by atoms with Gasteiger partial charge in [0.15, 0.2) is 5.13 Å². The number of nitrogens with one attached hydrogen (secondary N) is 2. The number of aromatic amines is 1. The molecule has 0 fully saturated rings. The van der Waals surface area contributed by atoms with Crippen molar-refractivity contribution in [3.8, 4) is 0 Å². The Morgan fingerprint density at radius 3 is 2.82 bits per heavy atom. The van der Waals surface area contributed by atoms with Crippen molar-refractivity contribution in [2.45, 2.75) is 13.8 Å². The Bertz CT molecular complexity index is 946. The molecule has 112 valence electrons. The summed E-state index contributed by atoms with van der Waals surface area (Å²) in [5.41, 5.74) is 2.89. The minimum atomic E-state index is -0.423. The average Bonchev–Trinajstić information content (AvgIpc) is 2.85. The maximum atomic E-state index is 12.2. The zero-order valence-electron chi connectivity index (χ0n) is 11.9. The Morgan fingerprint density at radius 1 is 1.32 bits per heavy atom. The van der Waals surface area contributed by atoms with E-state index >= 15 is 0 Å². The zero-order valence-corrected chi connectivity index (χ0v) is 13.4. The molecule has 0 bridgehead atoms. The number of aryl methyl sites for hydroxylation is 2. The lowest BCUT2D eigenvalue weighted by Crippen LogP contribution is -2.16. The van der Waals surface area contributed by atoms with Gasteiger partial charge in [0, 0.05) is 11.6 Å². The van der Waals surface area contributed by atoms with Crippen LogP contribution in [0.25, 0.3) is 10.2 Å². The van der Waals surface area contributed by atoms with Gasteiger partial charge in [0.1, 0.15) is 5.15 Å². The first-order valence-electron chi connectivity index (χ1n) is 6.52. The number of hydrogen-bond donors (Lipinski definition) is 2. The molecule has 3 rings (SSSR count). The number of carbonyl (C=O) groups is 1. The minimum Gasteiger partial charge on any atom is -0.313 e. The van der Waals surface area contributed by atoms with Gasteiger partial charge in [-0.3, -0.25) is 14.9 Å². The summed E-state index contributed by atoms with van der Waals surface area (Å²) in [7, 11) is 0. The molecule has 3 aromatic rings. The third-order valence-corrected chi connectivity index (χ3v) is 4.52. The highest BCUT2D eigenvalue weighted by Gasteiger charge is 2.13. The molecule has 0 atom stereocenters. The van der Waals surface area contributed by atoms with Gasteiger partial charge in [0.25, 0.3) is 5.91 Å². The Hall–Kier alpha value is -2.18. The monoisotopic (exact) mass is 333 g/mol. The number of benzene rings is 1. The highest BCUT2D eigenvalue weighted by Crippen LogP contribution is 2.29. The normalized spacial score (nSPS) is 10.9. The van der Waals surface area contributed by atoms with Crippen molar-refractivity contribution in [3.63, 3.8) is 0 Å². The molecule has 22 heavy (non-hydrogen) atoms. The van der Waals surface area contributed by atoms with E-state index in [-0.39, 0.29) is 10.7 Å². The van der Waals surface area contributed by atoms with Crippen LogP contribution in [0, 0.1) is 13.8 Å². The van der Waals surface area contributed by atoms with Crippen molar-refractivity contribution in [2.75, 3.05) is 5.32 Å². The van der Waals surface area contributed by atoms with Crippen LogP contribution in [0.3, 0.4) is 0 Å². The number of carbonyl (C=O) groups excluding carboxylic acids is 1. The van der Waals surface area contributed by atoms with E-state index in [4.69, 9.17) is 11.6 Å². The predicted octanol–water partition coefficient (Wildman–Crippen LogP) is 3.51. The summed E-state index contributed by atoms with van der Waals surface area (Å²) in [6.07, 6.45) is 0. The summed E-state index contributed by atoms with van der Waals surface area (Å²) in [5.74, 6) is -0.415. The number of amides is 1. The van der Waals surface area contributed by atoms with Gasteiger partial charge in [-0.25, -0.2) is 4.98 Å². The number of pyridine rings is 1. The summed E-state index contributed by atoms with van der Waals surface area (Å²) in [4.78, 5) is 30.4. The number of aromatic nitrogens is 2. The number of nitrogens with zero attached hydrogens (tertiary/aromatic N) is 1. The molecule has 0 aliphatic rings. The van der Waals surface area contributed by atoms with Gasteiger partial charge in [-0.15, -0.1) is 0 Å². The van der Waals surface area contributed by atoms with Gasteiger partial charge >= 0.3 is 0 Å². The molecular weight excluding hydrogens is 322 g/mol. The molecule has 0 radical (unpaired) electrons. The predicted molar refractivity (Wildman–Crippen MR) is 89.1 cm³/mol. The first-order chi connectivity index (χ1) is 10.4. The SMILES string of the molecule is Cc1ccc2sc(NC(=O)c3cc(Cl)[nH]c(=O)c3)nc2c1C. The van der Waals surface area contributed by atoms with Gasteiger partial charge in [0.05, 0.1) is 10.2 Å². The molecule has 1 amide bonds. The summed E-state index contributed by atoms with van der Waals surface area (Å²) < 4.78 is 1.00.